The number of aromatic nitrogens is 2. The third kappa shape index (κ3) is 4.49. The Morgan fingerprint density at radius 3 is 2.50 bits per heavy atom. The highest BCUT2D eigenvalue weighted by Crippen LogP contribution is 2.54. The van der Waals surface area contributed by atoms with Gasteiger partial charge in [0.2, 0.25) is 0 Å². The van der Waals surface area contributed by atoms with Gasteiger partial charge in [-0.2, -0.15) is 0 Å². The lowest BCUT2D eigenvalue weighted by Gasteiger charge is -2.54. The van der Waals surface area contributed by atoms with Crippen molar-refractivity contribution in [3.05, 3.63) is 30.3 Å². The number of pyridine rings is 1. The fourth-order valence-electron chi connectivity index (χ4n) is 6.56. The van der Waals surface area contributed by atoms with Crippen LogP contribution in [0.5, 0.6) is 0 Å². The van der Waals surface area contributed by atoms with Crippen molar-refractivity contribution in [1.82, 2.24) is 9.55 Å². The molecule has 6 heteroatoms. The largest absolute Gasteiger partial charge is 0.504 e. The number of hydrogen-bond acceptors (Lipinski definition) is 4. The van der Waals surface area contributed by atoms with E-state index in [1.54, 1.807) is 13.4 Å². The van der Waals surface area contributed by atoms with Crippen LogP contribution in [0.3, 0.4) is 0 Å². The summed E-state index contributed by atoms with van der Waals surface area (Å²) in [4.78, 5) is 4.81. The fraction of sp³-hybridized carbons (Fsp3) is 0.654. The summed E-state index contributed by atoms with van der Waals surface area (Å²) in [5.41, 5.74) is 3.31. The molecule has 0 spiro atoms. The Hall–Kier alpha value is -1.79. The van der Waals surface area contributed by atoms with Gasteiger partial charge in [0, 0.05) is 44.1 Å². The summed E-state index contributed by atoms with van der Waals surface area (Å²) in [6.07, 6.45) is 15.0. The Morgan fingerprint density at radius 1 is 1.12 bits per heavy atom. The lowest BCUT2D eigenvalue weighted by atomic mass is 9.54. The number of rotatable bonds is 9. The van der Waals surface area contributed by atoms with Gasteiger partial charge >= 0.3 is 0 Å². The topological polar surface area (TPSA) is 48.3 Å². The first kappa shape index (κ1) is 22.0. The minimum atomic E-state index is -1.08. The van der Waals surface area contributed by atoms with Crippen LogP contribution in [0.1, 0.15) is 37.7 Å². The molecule has 6 rings (SSSR count). The van der Waals surface area contributed by atoms with E-state index >= 15 is 0 Å². The van der Waals surface area contributed by atoms with Gasteiger partial charge in [0.1, 0.15) is 12.4 Å². The molecule has 2 aromatic heterocycles. The molecule has 0 atom stereocenters. The van der Waals surface area contributed by atoms with Crippen molar-refractivity contribution in [1.29, 1.82) is 0 Å². The summed E-state index contributed by atoms with van der Waals surface area (Å²) in [5, 5.41) is 5.24. The molecule has 0 radical (unpaired) electrons. The van der Waals surface area contributed by atoms with Crippen molar-refractivity contribution >= 4 is 30.9 Å². The summed E-state index contributed by atoms with van der Waals surface area (Å²) in [6, 6.07) is 3.97. The van der Waals surface area contributed by atoms with Crippen LogP contribution in [0, 0.1) is 23.7 Å². The molecule has 4 aliphatic carbocycles. The molecule has 4 fully saturated rings. The standard InChI is InChI=1S/C26H39N3O2Si/c1-30-8-6-20-16-27-26-23(5-7-29(26)17-31-9-10-32(2,3)4)25(20)28-24-21-12-18-11-19(14-21)15-22(24)13-18/h5-8,16,18-19,21-22,24H,9-15,17H2,1-4H3,(H,27,28)/b8-6+. The second kappa shape index (κ2) is 8.86. The Morgan fingerprint density at radius 2 is 1.84 bits per heavy atom. The minimum absolute atomic E-state index is 0.561. The van der Waals surface area contributed by atoms with E-state index in [2.05, 4.69) is 41.8 Å². The van der Waals surface area contributed by atoms with Gasteiger partial charge in [-0.05, 0) is 74.0 Å². The number of hydrogen-bond donors (Lipinski definition) is 1. The van der Waals surface area contributed by atoms with E-state index in [1.165, 1.54) is 49.2 Å². The van der Waals surface area contributed by atoms with E-state index in [9.17, 15) is 0 Å². The molecule has 4 bridgehead atoms. The summed E-state index contributed by atoms with van der Waals surface area (Å²) in [6.45, 7) is 8.55. The molecule has 32 heavy (non-hydrogen) atoms. The second-order valence-corrected chi connectivity index (χ2v) is 17.2. The summed E-state index contributed by atoms with van der Waals surface area (Å²) < 4.78 is 13.4. The van der Waals surface area contributed by atoms with Crippen molar-refractivity contribution in [2.24, 2.45) is 23.7 Å². The summed E-state index contributed by atoms with van der Waals surface area (Å²) >= 11 is 0. The average Bonchev–Trinajstić information content (AvgIpc) is 3.15. The first-order valence-corrected chi connectivity index (χ1v) is 16.1. The molecule has 0 saturated heterocycles. The summed E-state index contributed by atoms with van der Waals surface area (Å²) in [5.74, 6) is 3.60. The number of anilines is 1. The molecule has 5 nitrogen and oxygen atoms in total. The predicted octanol–water partition coefficient (Wildman–Crippen LogP) is 6.20. The zero-order valence-corrected chi connectivity index (χ0v) is 21.1. The lowest BCUT2D eigenvalue weighted by Crippen LogP contribution is -2.51. The van der Waals surface area contributed by atoms with Gasteiger partial charge in [0.25, 0.3) is 0 Å². The lowest BCUT2D eigenvalue weighted by molar-refractivity contribution is 0.00757. The SMILES string of the molecule is CO/C=C/c1cnc2c(ccn2COCC[Si](C)(C)C)c1NC1C2CC3CC(C2)CC1C3. The van der Waals surface area contributed by atoms with E-state index < -0.39 is 8.07 Å². The predicted molar refractivity (Wildman–Crippen MR) is 134 cm³/mol. The van der Waals surface area contributed by atoms with E-state index in [4.69, 9.17) is 14.5 Å². The Bertz CT molecular complexity index is 949. The quantitative estimate of drug-likeness (QED) is 0.279. The maximum absolute atomic E-state index is 6.03. The smallest absolute Gasteiger partial charge is 0.143 e. The molecular formula is C26H39N3O2Si. The molecule has 174 valence electrons. The van der Waals surface area contributed by atoms with Crippen LogP contribution in [-0.4, -0.2) is 37.4 Å². The zero-order chi connectivity index (χ0) is 22.3. The minimum Gasteiger partial charge on any atom is -0.504 e. The molecule has 0 aliphatic heterocycles. The Labute approximate surface area is 193 Å². The number of ether oxygens (including phenoxy) is 2. The van der Waals surface area contributed by atoms with Crippen molar-refractivity contribution in [2.45, 2.75) is 70.6 Å². The van der Waals surface area contributed by atoms with Gasteiger partial charge in [-0.1, -0.05) is 19.6 Å². The van der Waals surface area contributed by atoms with Gasteiger partial charge in [0.15, 0.2) is 0 Å². The third-order valence-corrected chi connectivity index (χ3v) is 9.67. The molecule has 4 aliphatic rings. The van der Waals surface area contributed by atoms with Gasteiger partial charge in [-0.25, -0.2) is 4.98 Å². The summed E-state index contributed by atoms with van der Waals surface area (Å²) in [7, 11) is 0.616. The highest BCUT2D eigenvalue weighted by atomic mass is 28.3. The molecular weight excluding hydrogens is 414 g/mol. The Balaban J connectivity index is 1.39. The van der Waals surface area contributed by atoms with Crippen LogP contribution in [0.2, 0.25) is 25.7 Å². The van der Waals surface area contributed by atoms with E-state index in [-0.39, 0.29) is 0 Å². The maximum Gasteiger partial charge on any atom is 0.143 e. The monoisotopic (exact) mass is 453 g/mol. The van der Waals surface area contributed by atoms with Gasteiger partial charge in [-0.15, -0.1) is 0 Å². The van der Waals surface area contributed by atoms with E-state index in [0.29, 0.717) is 12.8 Å². The third-order valence-electron chi connectivity index (χ3n) is 7.97. The highest BCUT2D eigenvalue weighted by molar-refractivity contribution is 6.76. The molecule has 2 aromatic rings. The van der Waals surface area contributed by atoms with Crippen molar-refractivity contribution < 1.29 is 9.47 Å². The number of nitrogens with one attached hydrogen (secondary N) is 1. The molecule has 0 amide bonds. The van der Waals surface area contributed by atoms with E-state index in [1.807, 2.05) is 12.3 Å². The molecule has 1 N–H and O–H groups in total. The maximum atomic E-state index is 6.03. The molecule has 0 aromatic carbocycles. The Kier molecular flexibility index (Phi) is 6.10. The molecule has 4 saturated carbocycles. The second-order valence-electron chi connectivity index (χ2n) is 11.6. The number of methoxy groups -OCH3 is 1. The van der Waals surface area contributed by atoms with Crippen molar-refractivity contribution in [3.8, 4) is 0 Å². The van der Waals surface area contributed by atoms with Crippen molar-refractivity contribution in [2.75, 3.05) is 19.0 Å². The molecule has 0 unspecified atom stereocenters. The molecule has 2 heterocycles. The fourth-order valence-corrected chi connectivity index (χ4v) is 7.31. The highest BCUT2D eigenvalue weighted by Gasteiger charge is 2.48. The average molecular weight is 454 g/mol. The first-order valence-electron chi connectivity index (χ1n) is 12.4. The van der Waals surface area contributed by atoms with Crippen molar-refractivity contribution in [3.63, 3.8) is 0 Å². The van der Waals surface area contributed by atoms with Crippen LogP contribution in [0.4, 0.5) is 5.69 Å². The van der Waals surface area contributed by atoms with Gasteiger partial charge in [0.05, 0.1) is 19.1 Å². The zero-order valence-electron chi connectivity index (χ0n) is 20.1. The van der Waals surface area contributed by atoms with Gasteiger partial charge < -0.3 is 19.4 Å². The number of nitrogens with zero attached hydrogens (tertiary/aromatic N) is 2. The van der Waals surface area contributed by atoms with Crippen LogP contribution in [-0.2, 0) is 16.2 Å². The first-order chi connectivity index (χ1) is 15.4. The number of fused-ring (bicyclic) bond motifs is 1. The normalized spacial score (nSPS) is 29.3. The van der Waals surface area contributed by atoms with Crippen LogP contribution in [0.15, 0.2) is 24.7 Å². The van der Waals surface area contributed by atoms with E-state index in [0.717, 1.165) is 41.5 Å². The van der Waals surface area contributed by atoms with Crippen LogP contribution < -0.4 is 5.32 Å². The van der Waals surface area contributed by atoms with Crippen LogP contribution >= 0.6 is 0 Å². The van der Waals surface area contributed by atoms with Crippen LogP contribution in [0.25, 0.3) is 17.1 Å². The van der Waals surface area contributed by atoms with Gasteiger partial charge in [-0.3, -0.25) is 0 Å².